The number of aliphatic carboxylic acids is 1. The lowest BCUT2D eigenvalue weighted by molar-refractivity contribution is -0.132. The van der Waals surface area contributed by atoms with Crippen LogP contribution in [0.2, 0.25) is 0 Å². The minimum absolute atomic E-state index is 0.142. The van der Waals surface area contributed by atoms with E-state index in [-0.39, 0.29) is 12.0 Å². The van der Waals surface area contributed by atoms with Gasteiger partial charge in [0.25, 0.3) is 0 Å². The number of nitrogens with one attached hydrogen (secondary N) is 1. The van der Waals surface area contributed by atoms with E-state index in [1.54, 1.807) is 6.92 Å². The highest BCUT2D eigenvalue weighted by molar-refractivity contribution is 7.93. The molecule has 1 unspecified atom stereocenters. The Morgan fingerprint density at radius 1 is 1.39 bits per heavy atom. The van der Waals surface area contributed by atoms with Crippen molar-refractivity contribution in [3.63, 3.8) is 0 Å². The van der Waals surface area contributed by atoms with Crippen LogP contribution in [-0.4, -0.2) is 24.7 Å². The quantitative estimate of drug-likeness (QED) is 0.859. The fourth-order valence-electron chi connectivity index (χ4n) is 2.77. The van der Waals surface area contributed by atoms with E-state index in [0.29, 0.717) is 30.9 Å². The smallest absolute Gasteiger partial charge is 0.332 e. The molecule has 0 aliphatic heterocycles. The average molecular weight is 345 g/mol. The lowest BCUT2D eigenvalue weighted by atomic mass is 9.90. The van der Waals surface area contributed by atoms with Gasteiger partial charge in [-0.05, 0) is 37.8 Å². The third-order valence-corrected chi connectivity index (χ3v) is 5.59. The molecule has 1 aromatic rings. The van der Waals surface area contributed by atoms with Gasteiger partial charge in [-0.25, -0.2) is 22.0 Å². The van der Waals surface area contributed by atoms with Crippen LogP contribution in [0.1, 0.15) is 32.6 Å². The summed E-state index contributed by atoms with van der Waals surface area (Å²) >= 11 is 0. The number of anilines is 1. The van der Waals surface area contributed by atoms with E-state index in [4.69, 9.17) is 0 Å². The fraction of sp³-hybridized carbons (Fsp3) is 0.400. The summed E-state index contributed by atoms with van der Waals surface area (Å²) in [5, 5.41) is 8.10. The molecule has 0 spiro atoms. The fourth-order valence-corrected chi connectivity index (χ4v) is 4.44. The summed E-state index contributed by atoms with van der Waals surface area (Å²) in [6, 6.07) is 2.45. The first-order valence-corrected chi connectivity index (χ1v) is 8.72. The molecule has 0 saturated carbocycles. The summed E-state index contributed by atoms with van der Waals surface area (Å²) in [5.74, 6) is -3.17. The molecule has 0 saturated heterocycles. The number of hydrogen-bond acceptors (Lipinski definition) is 3. The maximum atomic E-state index is 13.7. The topological polar surface area (TPSA) is 83.5 Å². The van der Waals surface area contributed by atoms with Crippen molar-refractivity contribution in [1.29, 1.82) is 0 Å². The van der Waals surface area contributed by atoms with Crippen LogP contribution in [0.3, 0.4) is 0 Å². The minimum atomic E-state index is -4.16. The van der Waals surface area contributed by atoms with E-state index in [1.807, 2.05) is 4.72 Å². The van der Waals surface area contributed by atoms with Crippen molar-refractivity contribution in [1.82, 2.24) is 0 Å². The van der Waals surface area contributed by atoms with Gasteiger partial charge in [0, 0.05) is 6.07 Å². The number of carboxylic acid groups (broad SMARTS) is 1. The molecule has 1 aromatic carbocycles. The Balaban J connectivity index is 2.40. The average Bonchev–Trinajstić information content (AvgIpc) is 2.49. The maximum Gasteiger partial charge on any atom is 0.332 e. The van der Waals surface area contributed by atoms with Crippen LogP contribution in [0.15, 0.2) is 29.3 Å². The van der Waals surface area contributed by atoms with Gasteiger partial charge >= 0.3 is 5.97 Å². The highest BCUT2D eigenvalue weighted by Gasteiger charge is 2.37. The predicted octanol–water partition coefficient (Wildman–Crippen LogP) is 3.05. The third-order valence-electron chi connectivity index (χ3n) is 3.86. The van der Waals surface area contributed by atoms with E-state index in [2.05, 4.69) is 0 Å². The third kappa shape index (κ3) is 3.69. The Bertz CT molecular complexity index is 759. The Kier molecular flexibility index (Phi) is 5.03. The van der Waals surface area contributed by atoms with Crippen LogP contribution < -0.4 is 4.72 Å². The largest absolute Gasteiger partial charge is 0.478 e. The summed E-state index contributed by atoms with van der Waals surface area (Å²) in [6.45, 7) is 1.76. The second kappa shape index (κ2) is 6.66. The summed E-state index contributed by atoms with van der Waals surface area (Å²) in [4.78, 5) is 11.5. The van der Waals surface area contributed by atoms with Gasteiger partial charge in [-0.15, -0.1) is 0 Å². The lowest BCUT2D eigenvalue weighted by Gasteiger charge is -2.26. The number of halogens is 2. The normalized spacial score (nSPS) is 18.8. The van der Waals surface area contributed by atoms with Gasteiger partial charge < -0.3 is 5.11 Å². The molecule has 0 fully saturated rings. The van der Waals surface area contributed by atoms with Crippen molar-refractivity contribution in [2.24, 2.45) is 0 Å². The van der Waals surface area contributed by atoms with Crippen LogP contribution in [0, 0.1) is 11.6 Å². The molecule has 0 bridgehead atoms. The Morgan fingerprint density at radius 2 is 2.09 bits per heavy atom. The van der Waals surface area contributed by atoms with E-state index in [0.717, 1.165) is 12.1 Å². The van der Waals surface area contributed by atoms with Gasteiger partial charge in [-0.1, -0.05) is 12.5 Å². The number of sulfonamides is 1. The van der Waals surface area contributed by atoms with Crippen LogP contribution in [0.25, 0.3) is 0 Å². The van der Waals surface area contributed by atoms with E-state index < -0.39 is 38.6 Å². The molecule has 1 atom stereocenters. The monoisotopic (exact) mass is 345 g/mol. The van der Waals surface area contributed by atoms with Gasteiger partial charge in [-0.3, -0.25) is 4.72 Å². The summed E-state index contributed by atoms with van der Waals surface area (Å²) in [7, 11) is -4.16. The highest BCUT2D eigenvalue weighted by atomic mass is 32.2. The van der Waals surface area contributed by atoms with Crippen molar-refractivity contribution < 1.29 is 27.1 Å². The number of benzene rings is 1. The molecule has 2 rings (SSSR count). The highest BCUT2D eigenvalue weighted by Crippen LogP contribution is 2.33. The first kappa shape index (κ1) is 17.4. The second-order valence-electron chi connectivity index (χ2n) is 5.33. The molecule has 1 aliphatic rings. The SMILES string of the molecule is CCC1=C(C(=O)O)C(S(=O)(=O)Nc2ccc(F)cc2F)CCC1. The molecule has 0 amide bonds. The first-order chi connectivity index (χ1) is 10.8. The molecular formula is C15H17F2NO4S. The van der Waals surface area contributed by atoms with Crippen molar-refractivity contribution in [2.75, 3.05) is 4.72 Å². The van der Waals surface area contributed by atoms with E-state index in [1.165, 1.54) is 0 Å². The van der Waals surface area contributed by atoms with E-state index >= 15 is 0 Å². The molecule has 126 valence electrons. The zero-order valence-corrected chi connectivity index (χ0v) is 13.3. The minimum Gasteiger partial charge on any atom is -0.478 e. The van der Waals surface area contributed by atoms with Gasteiger partial charge in [0.1, 0.15) is 16.9 Å². The van der Waals surface area contributed by atoms with Crippen molar-refractivity contribution in [3.8, 4) is 0 Å². The molecule has 0 aromatic heterocycles. The summed E-state index contributed by atoms with van der Waals surface area (Å²) in [6.07, 6.45) is 1.66. The Hall–Kier alpha value is -1.96. The molecule has 1 aliphatic carbocycles. The van der Waals surface area contributed by atoms with Gasteiger partial charge in [-0.2, -0.15) is 0 Å². The zero-order chi connectivity index (χ0) is 17.2. The van der Waals surface area contributed by atoms with Gasteiger partial charge in [0.05, 0.1) is 11.3 Å². The summed E-state index contributed by atoms with van der Waals surface area (Å²) < 4.78 is 53.6. The van der Waals surface area contributed by atoms with E-state index in [9.17, 15) is 27.1 Å². The number of carbonyl (C=O) groups is 1. The number of hydrogen-bond donors (Lipinski definition) is 2. The standard InChI is InChI=1S/C15H17F2NO4S/c1-2-9-4-3-5-13(14(9)15(19)20)23(21,22)18-12-7-6-10(16)8-11(12)17/h6-8,13,18H,2-5H2,1H3,(H,19,20). The Morgan fingerprint density at radius 3 is 2.65 bits per heavy atom. The molecule has 23 heavy (non-hydrogen) atoms. The molecule has 2 N–H and O–H groups in total. The van der Waals surface area contributed by atoms with Gasteiger partial charge in [0.15, 0.2) is 0 Å². The number of carboxylic acids is 1. The molecule has 0 radical (unpaired) electrons. The van der Waals surface area contributed by atoms with Crippen LogP contribution in [-0.2, 0) is 14.8 Å². The first-order valence-electron chi connectivity index (χ1n) is 7.18. The second-order valence-corrected chi connectivity index (χ2v) is 7.19. The van der Waals surface area contributed by atoms with Crippen LogP contribution >= 0.6 is 0 Å². The maximum absolute atomic E-state index is 13.7. The zero-order valence-electron chi connectivity index (χ0n) is 12.5. The Labute approximate surface area is 133 Å². The molecule has 0 heterocycles. The number of allylic oxidation sites excluding steroid dienone is 1. The van der Waals surface area contributed by atoms with Gasteiger partial charge in [0.2, 0.25) is 10.0 Å². The predicted molar refractivity (Wildman–Crippen MR) is 81.5 cm³/mol. The van der Waals surface area contributed by atoms with Crippen LogP contribution in [0.5, 0.6) is 0 Å². The lowest BCUT2D eigenvalue weighted by Crippen LogP contribution is -2.35. The van der Waals surface area contributed by atoms with Crippen molar-refractivity contribution in [2.45, 2.75) is 37.9 Å². The number of rotatable bonds is 5. The van der Waals surface area contributed by atoms with Crippen molar-refractivity contribution >= 4 is 21.7 Å². The van der Waals surface area contributed by atoms with Crippen molar-refractivity contribution in [3.05, 3.63) is 41.0 Å². The summed E-state index contributed by atoms with van der Waals surface area (Å²) in [5.41, 5.74) is 0.0345. The molecule has 8 heteroatoms. The molecule has 5 nitrogen and oxygen atoms in total. The van der Waals surface area contributed by atoms with Crippen LogP contribution in [0.4, 0.5) is 14.5 Å². The molecular weight excluding hydrogens is 328 g/mol.